The lowest BCUT2D eigenvalue weighted by atomic mass is 10.00. The number of rotatable bonds is 4. The molecule has 2 aromatic carbocycles. The van der Waals surface area contributed by atoms with Gasteiger partial charge in [0.25, 0.3) is 0 Å². The number of benzene rings is 2. The van der Waals surface area contributed by atoms with E-state index in [1.54, 1.807) is 0 Å². The Balaban J connectivity index is 1.61. The van der Waals surface area contributed by atoms with Crippen molar-refractivity contribution in [1.29, 1.82) is 0 Å². The van der Waals surface area contributed by atoms with Crippen LogP contribution in [-0.4, -0.2) is 6.04 Å². The van der Waals surface area contributed by atoms with Gasteiger partial charge in [0.05, 0.1) is 0 Å². The number of hydrogen-bond acceptors (Lipinski definition) is 1. The lowest BCUT2D eigenvalue weighted by Gasteiger charge is -2.11. The van der Waals surface area contributed by atoms with Crippen LogP contribution in [0.2, 0.25) is 0 Å². The predicted molar refractivity (Wildman–Crippen MR) is 75.4 cm³/mol. The molecule has 0 spiro atoms. The normalized spacial score (nSPS) is 23.6. The highest BCUT2D eigenvalue weighted by atomic mass is 14.7. The van der Waals surface area contributed by atoms with Crippen LogP contribution in [0.25, 0.3) is 0 Å². The van der Waals surface area contributed by atoms with Crippen molar-refractivity contribution in [2.75, 3.05) is 0 Å². The van der Waals surface area contributed by atoms with Crippen molar-refractivity contribution in [3.8, 4) is 0 Å². The molecule has 0 aromatic heterocycles. The molecule has 0 aliphatic heterocycles. The van der Waals surface area contributed by atoms with E-state index < -0.39 is 0 Å². The first-order valence-electron chi connectivity index (χ1n) is 6.69. The fraction of sp³-hybridized carbons (Fsp3) is 0.294. The Hall–Kier alpha value is -1.60. The minimum atomic E-state index is 0.289. The van der Waals surface area contributed by atoms with Gasteiger partial charge >= 0.3 is 0 Å². The van der Waals surface area contributed by atoms with E-state index >= 15 is 0 Å². The van der Waals surface area contributed by atoms with E-state index in [2.05, 4.69) is 60.7 Å². The summed E-state index contributed by atoms with van der Waals surface area (Å²) in [5.41, 5.74) is 9.14. The molecule has 0 bridgehead atoms. The molecule has 3 atom stereocenters. The van der Waals surface area contributed by atoms with E-state index in [-0.39, 0.29) is 6.04 Å². The van der Waals surface area contributed by atoms with Gasteiger partial charge in [-0.2, -0.15) is 0 Å². The molecule has 0 amide bonds. The minimum Gasteiger partial charge on any atom is -0.327 e. The second-order valence-electron chi connectivity index (χ2n) is 5.27. The van der Waals surface area contributed by atoms with Gasteiger partial charge in [-0.25, -0.2) is 0 Å². The quantitative estimate of drug-likeness (QED) is 0.867. The second kappa shape index (κ2) is 4.95. The maximum atomic E-state index is 6.34. The van der Waals surface area contributed by atoms with Gasteiger partial charge in [-0.05, 0) is 35.8 Å². The average Bonchev–Trinajstić information content (AvgIpc) is 3.21. The van der Waals surface area contributed by atoms with E-state index in [1.165, 1.54) is 17.5 Å². The maximum absolute atomic E-state index is 6.34. The van der Waals surface area contributed by atoms with Gasteiger partial charge < -0.3 is 5.73 Å². The van der Waals surface area contributed by atoms with Gasteiger partial charge in [-0.1, -0.05) is 60.7 Å². The van der Waals surface area contributed by atoms with Crippen LogP contribution in [0.5, 0.6) is 0 Å². The van der Waals surface area contributed by atoms with Gasteiger partial charge in [0.1, 0.15) is 0 Å². The molecule has 0 radical (unpaired) electrons. The SMILES string of the molecule is NC(Cc1ccccc1)C1CC1c1ccccc1. The molecule has 1 aliphatic carbocycles. The summed E-state index contributed by atoms with van der Waals surface area (Å²) in [6.45, 7) is 0. The van der Waals surface area contributed by atoms with Crippen LogP contribution in [0.4, 0.5) is 0 Å². The molecule has 3 unspecified atom stereocenters. The zero-order chi connectivity index (χ0) is 12.4. The predicted octanol–water partition coefficient (Wildman–Crippen LogP) is 3.36. The first-order chi connectivity index (χ1) is 8.84. The van der Waals surface area contributed by atoms with Crippen LogP contribution in [0.1, 0.15) is 23.5 Å². The Kier molecular flexibility index (Phi) is 3.16. The molecule has 18 heavy (non-hydrogen) atoms. The monoisotopic (exact) mass is 237 g/mol. The lowest BCUT2D eigenvalue weighted by Crippen LogP contribution is -2.25. The second-order valence-corrected chi connectivity index (χ2v) is 5.27. The lowest BCUT2D eigenvalue weighted by molar-refractivity contribution is 0.578. The van der Waals surface area contributed by atoms with Crippen LogP contribution in [0, 0.1) is 5.92 Å². The van der Waals surface area contributed by atoms with Crippen molar-refractivity contribution in [1.82, 2.24) is 0 Å². The molecule has 1 saturated carbocycles. The summed E-state index contributed by atoms with van der Waals surface area (Å²) in [5.74, 6) is 1.34. The summed E-state index contributed by atoms with van der Waals surface area (Å²) in [7, 11) is 0. The highest BCUT2D eigenvalue weighted by Gasteiger charge is 2.41. The molecule has 2 aromatic rings. The maximum Gasteiger partial charge on any atom is 0.0114 e. The smallest absolute Gasteiger partial charge is 0.0114 e. The Morgan fingerprint density at radius 1 is 0.944 bits per heavy atom. The van der Waals surface area contributed by atoms with E-state index in [4.69, 9.17) is 5.73 Å². The van der Waals surface area contributed by atoms with Crippen molar-refractivity contribution in [2.24, 2.45) is 11.7 Å². The molecule has 0 saturated heterocycles. The van der Waals surface area contributed by atoms with Gasteiger partial charge in [0, 0.05) is 6.04 Å². The van der Waals surface area contributed by atoms with Crippen molar-refractivity contribution >= 4 is 0 Å². The first kappa shape index (κ1) is 11.5. The number of hydrogen-bond donors (Lipinski definition) is 1. The molecule has 1 heteroatoms. The van der Waals surface area contributed by atoms with E-state index in [0.717, 1.165) is 6.42 Å². The zero-order valence-corrected chi connectivity index (χ0v) is 10.5. The Labute approximate surface area is 109 Å². The summed E-state index contributed by atoms with van der Waals surface area (Å²) < 4.78 is 0. The van der Waals surface area contributed by atoms with Crippen LogP contribution >= 0.6 is 0 Å². The Morgan fingerprint density at radius 3 is 2.22 bits per heavy atom. The van der Waals surface area contributed by atoms with Crippen molar-refractivity contribution in [3.63, 3.8) is 0 Å². The molecule has 92 valence electrons. The Morgan fingerprint density at radius 2 is 1.56 bits per heavy atom. The van der Waals surface area contributed by atoms with Gasteiger partial charge in [-0.3, -0.25) is 0 Å². The number of nitrogens with two attached hydrogens (primary N) is 1. The third-order valence-corrected chi connectivity index (χ3v) is 3.93. The topological polar surface area (TPSA) is 26.0 Å². The van der Waals surface area contributed by atoms with Gasteiger partial charge in [0.2, 0.25) is 0 Å². The van der Waals surface area contributed by atoms with Crippen molar-refractivity contribution < 1.29 is 0 Å². The van der Waals surface area contributed by atoms with Crippen molar-refractivity contribution in [3.05, 3.63) is 71.8 Å². The summed E-state index contributed by atoms with van der Waals surface area (Å²) in [5, 5.41) is 0. The first-order valence-corrected chi connectivity index (χ1v) is 6.69. The third-order valence-electron chi connectivity index (χ3n) is 3.93. The molecule has 0 heterocycles. The van der Waals surface area contributed by atoms with Gasteiger partial charge in [-0.15, -0.1) is 0 Å². The zero-order valence-electron chi connectivity index (χ0n) is 10.5. The molecular weight excluding hydrogens is 218 g/mol. The van der Waals surface area contributed by atoms with E-state index in [0.29, 0.717) is 11.8 Å². The molecule has 1 fully saturated rings. The fourth-order valence-corrected chi connectivity index (χ4v) is 2.81. The average molecular weight is 237 g/mol. The van der Waals surface area contributed by atoms with Crippen LogP contribution in [-0.2, 0) is 6.42 Å². The summed E-state index contributed by atoms with van der Waals surface area (Å²) in [4.78, 5) is 0. The highest BCUT2D eigenvalue weighted by Crippen LogP contribution is 2.49. The van der Waals surface area contributed by atoms with Gasteiger partial charge in [0.15, 0.2) is 0 Å². The van der Waals surface area contributed by atoms with Crippen molar-refractivity contribution in [2.45, 2.75) is 24.8 Å². The van der Waals surface area contributed by atoms with E-state index in [1.807, 2.05) is 0 Å². The minimum absolute atomic E-state index is 0.289. The molecular formula is C17H19N. The van der Waals surface area contributed by atoms with Crippen LogP contribution in [0.3, 0.4) is 0 Å². The fourth-order valence-electron chi connectivity index (χ4n) is 2.81. The Bertz CT molecular complexity index is 492. The standard InChI is InChI=1S/C17H19N/c18-17(11-13-7-3-1-4-8-13)16-12-15(16)14-9-5-2-6-10-14/h1-10,15-17H,11-12,18H2. The molecule has 2 N–H and O–H groups in total. The third kappa shape index (κ3) is 2.46. The van der Waals surface area contributed by atoms with Crippen LogP contribution in [0.15, 0.2) is 60.7 Å². The molecule has 1 nitrogen and oxygen atoms in total. The summed E-state index contributed by atoms with van der Waals surface area (Å²) in [6, 6.07) is 21.6. The summed E-state index contributed by atoms with van der Waals surface area (Å²) >= 11 is 0. The molecule has 1 aliphatic rings. The summed E-state index contributed by atoms with van der Waals surface area (Å²) in [6.07, 6.45) is 2.24. The van der Waals surface area contributed by atoms with E-state index in [9.17, 15) is 0 Å². The largest absolute Gasteiger partial charge is 0.327 e. The highest BCUT2D eigenvalue weighted by molar-refractivity contribution is 5.27. The molecule has 3 rings (SSSR count). The van der Waals surface area contributed by atoms with Crippen LogP contribution < -0.4 is 5.73 Å².